The first-order chi connectivity index (χ1) is 12.2. The van der Waals surface area contributed by atoms with Crippen molar-refractivity contribution in [3.05, 3.63) is 56.8 Å². The van der Waals surface area contributed by atoms with Gasteiger partial charge in [0.2, 0.25) is 5.91 Å². The molecule has 2 rings (SSSR count). The van der Waals surface area contributed by atoms with Crippen LogP contribution in [0.1, 0.15) is 58.1 Å². The second-order valence-corrected chi connectivity index (χ2v) is 8.57. The lowest BCUT2D eigenvalue weighted by Gasteiger charge is -2.24. The molecule has 1 aromatic heterocycles. The van der Waals surface area contributed by atoms with Gasteiger partial charge in [0.25, 0.3) is 5.91 Å². The molecule has 2 amide bonds. The number of aryl methyl sites for hydroxylation is 3. The largest absolute Gasteiger partial charge is 0.348 e. The monoisotopic (exact) mass is 372 g/mol. The number of benzene rings is 1. The van der Waals surface area contributed by atoms with Crippen LogP contribution >= 0.6 is 11.3 Å². The molecule has 0 radical (unpaired) electrons. The van der Waals surface area contributed by atoms with Gasteiger partial charge in [-0.1, -0.05) is 32.0 Å². The highest BCUT2D eigenvalue weighted by Crippen LogP contribution is 2.26. The zero-order chi connectivity index (χ0) is 19.4. The number of thiophene rings is 1. The van der Waals surface area contributed by atoms with E-state index in [9.17, 15) is 9.59 Å². The molecule has 0 unspecified atom stereocenters. The first-order valence-electron chi connectivity index (χ1n) is 8.94. The smallest absolute Gasteiger partial charge is 0.252 e. The maximum absolute atomic E-state index is 12.8. The van der Waals surface area contributed by atoms with Crippen molar-refractivity contribution in [3.63, 3.8) is 0 Å². The summed E-state index contributed by atoms with van der Waals surface area (Å²) in [6, 6.07) is 8.83. The number of carbonyl (C=O) groups excluding carboxylic acids is 2. The average Bonchev–Trinajstić information content (AvgIpc) is 2.90. The van der Waals surface area contributed by atoms with Gasteiger partial charge in [0.1, 0.15) is 6.04 Å². The van der Waals surface area contributed by atoms with E-state index in [0.717, 1.165) is 11.1 Å². The Kier molecular flexibility index (Phi) is 6.59. The van der Waals surface area contributed by atoms with Crippen molar-refractivity contribution in [1.82, 2.24) is 10.6 Å². The van der Waals surface area contributed by atoms with Crippen LogP contribution in [0.3, 0.4) is 0 Å². The third-order valence-electron chi connectivity index (χ3n) is 4.53. The molecule has 0 fully saturated rings. The quantitative estimate of drug-likeness (QED) is 0.794. The number of hydrogen-bond acceptors (Lipinski definition) is 3. The van der Waals surface area contributed by atoms with E-state index in [0.29, 0.717) is 5.56 Å². The zero-order valence-corrected chi connectivity index (χ0v) is 17.2. The van der Waals surface area contributed by atoms with Gasteiger partial charge in [-0.3, -0.25) is 9.59 Å². The minimum atomic E-state index is -0.579. The summed E-state index contributed by atoms with van der Waals surface area (Å²) in [7, 11) is 0. The normalized spacial score (nSPS) is 13.3. The summed E-state index contributed by atoms with van der Waals surface area (Å²) in [5, 5.41) is 5.96. The molecule has 0 aliphatic heterocycles. The van der Waals surface area contributed by atoms with Gasteiger partial charge in [0.15, 0.2) is 0 Å². The van der Waals surface area contributed by atoms with Crippen molar-refractivity contribution < 1.29 is 9.59 Å². The Morgan fingerprint density at radius 3 is 2.19 bits per heavy atom. The highest BCUT2D eigenvalue weighted by atomic mass is 32.1. The molecular weight excluding hydrogens is 344 g/mol. The van der Waals surface area contributed by atoms with Gasteiger partial charge in [-0.15, -0.1) is 11.3 Å². The van der Waals surface area contributed by atoms with Crippen molar-refractivity contribution in [3.8, 4) is 0 Å². The Hall–Kier alpha value is -2.14. The molecule has 1 aromatic carbocycles. The van der Waals surface area contributed by atoms with Crippen molar-refractivity contribution in [1.29, 1.82) is 0 Å². The van der Waals surface area contributed by atoms with Crippen LogP contribution in [0.4, 0.5) is 0 Å². The van der Waals surface area contributed by atoms with Crippen LogP contribution in [-0.4, -0.2) is 17.9 Å². The van der Waals surface area contributed by atoms with Crippen LogP contribution in [0.15, 0.2) is 30.3 Å². The molecular formula is C21H28N2O2S. The van der Waals surface area contributed by atoms with Crippen molar-refractivity contribution in [2.45, 2.75) is 53.6 Å². The Labute approximate surface area is 160 Å². The van der Waals surface area contributed by atoms with Gasteiger partial charge >= 0.3 is 0 Å². The van der Waals surface area contributed by atoms with Crippen LogP contribution in [0, 0.1) is 26.7 Å². The van der Waals surface area contributed by atoms with E-state index in [4.69, 9.17) is 0 Å². The number of carbonyl (C=O) groups is 2. The summed E-state index contributed by atoms with van der Waals surface area (Å²) in [5.74, 6) is -0.384. The topological polar surface area (TPSA) is 58.2 Å². The maximum Gasteiger partial charge on any atom is 0.252 e. The number of nitrogens with one attached hydrogen (secondary N) is 2. The molecule has 0 aliphatic rings. The molecule has 5 heteroatoms. The molecule has 140 valence electrons. The van der Waals surface area contributed by atoms with Crippen LogP contribution < -0.4 is 10.6 Å². The third-order valence-corrected chi connectivity index (χ3v) is 5.51. The summed E-state index contributed by atoms with van der Waals surface area (Å²) in [6.07, 6.45) is 0. The average molecular weight is 373 g/mol. The molecule has 1 heterocycles. The minimum absolute atomic E-state index is 0.0134. The van der Waals surface area contributed by atoms with Gasteiger partial charge in [-0.25, -0.2) is 0 Å². The Balaban J connectivity index is 2.11. The Morgan fingerprint density at radius 2 is 1.65 bits per heavy atom. The molecule has 2 aromatic rings. The van der Waals surface area contributed by atoms with Crippen LogP contribution in [0.25, 0.3) is 0 Å². The first kappa shape index (κ1) is 20.2. The van der Waals surface area contributed by atoms with Gasteiger partial charge in [-0.05, 0) is 56.9 Å². The Morgan fingerprint density at radius 1 is 1.00 bits per heavy atom. The van der Waals surface area contributed by atoms with Crippen LogP contribution in [0.2, 0.25) is 0 Å². The van der Waals surface area contributed by atoms with Crippen molar-refractivity contribution >= 4 is 23.2 Å². The van der Waals surface area contributed by atoms with E-state index in [-0.39, 0.29) is 23.8 Å². The summed E-state index contributed by atoms with van der Waals surface area (Å²) in [6.45, 7) is 11.9. The highest BCUT2D eigenvalue weighted by molar-refractivity contribution is 7.12. The van der Waals surface area contributed by atoms with Crippen LogP contribution in [0.5, 0.6) is 0 Å². The SMILES string of the molecule is Cc1cc([C@@H](C)NC(=O)[C@@H](NC(=O)c2ccccc2C)C(C)C)c(C)s1. The van der Waals surface area contributed by atoms with E-state index in [1.165, 1.54) is 9.75 Å². The third kappa shape index (κ3) is 4.73. The molecule has 26 heavy (non-hydrogen) atoms. The number of amides is 2. The molecule has 0 spiro atoms. The van der Waals surface area contributed by atoms with Gasteiger partial charge in [0, 0.05) is 15.3 Å². The van der Waals surface area contributed by atoms with E-state index < -0.39 is 6.04 Å². The number of rotatable bonds is 6. The molecule has 0 aliphatic carbocycles. The zero-order valence-electron chi connectivity index (χ0n) is 16.3. The molecule has 4 nitrogen and oxygen atoms in total. The van der Waals surface area contributed by atoms with Crippen molar-refractivity contribution in [2.75, 3.05) is 0 Å². The van der Waals surface area contributed by atoms with E-state index in [2.05, 4.69) is 30.5 Å². The standard InChI is InChI=1S/C21H28N2O2S/c1-12(2)19(23-20(24)17-10-8-7-9-13(17)3)21(25)22-15(5)18-11-14(4)26-16(18)6/h7-12,15,19H,1-6H3,(H,22,25)(H,23,24)/t15-,19+/m1/s1. The fourth-order valence-electron chi connectivity index (χ4n) is 3.04. The van der Waals surface area contributed by atoms with Gasteiger partial charge in [0.05, 0.1) is 6.04 Å². The van der Waals surface area contributed by atoms with Crippen LogP contribution in [-0.2, 0) is 4.79 Å². The maximum atomic E-state index is 12.8. The molecule has 2 N–H and O–H groups in total. The number of hydrogen-bond donors (Lipinski definition) is 2. The summed E-state index contributed by atoms with van der Waals surface area (Å²) < 4.78 is 0. The highest BCUT2D eigenvalue weighted by Gasteiger charge is 2.27. The summed E-state index contributed by atoms with van der Waals surface area (Å²) in [5.41, 5.74) is 2.63. The predicted octanol–water partition coefficient (Wildman–Crippen LogP) is 4.31. The van der Waals surface area contributed by atoms with E-state index >= 15 is 0 Å². The fraction of sp³-hybridized carbons (Fsp3) is 0.429. The second-order valence-electron chi connectivity index (χ2n) is 7.11. The molecule has 0 bridgehead atoms. The lowest BCUT2D eigenvalue weighted by atomic mass is 10.0. The van der Waals surface area contributed by atoms with Gasteiger partial charge < -0.3 is 10.6 Å². The first-order valence-corrected chi connectivity index (χ1v) is 9.76. The Bertz CT molecular complexity index is 795. The van der Waals surface area contributed by atoms with Crippen molar-refractivity contribution in [2.24, 2.45) is 5.92 Å². The van der Waals surface area contributed by atoms with E-state index in [1.807, 2.05) is 45.9 Å². The lowest BCUT2D eigenvalue weighted by Crippen LogP contribution is -2.50. The summed E-state index contributed by atoms with van der Waals surface area (Å²) in [4.78, 5) is 27.9. The van der Waals surface area contributed by atoms with E-state index in [1.54, 1.807) is 17.4 Å². The molecule has 0 saturated heterocycles. The predicted molar refractivity (Wildman–Crippen MR) is 108 cm³/mol. The minimum Gasteiger partial charge on any atom is -0.348 e. The fourth-order valence-corrected chi connectivity index (χ4v) is 4.07. The molecule has 0 saturated carbocycles. The molecule has 2 atom stereocenters. The summed E-state index contributed by atoms with van der Waals surface area (Å²) >= 11 is 1.73. The van der Waals surface area contributed by atoms with Gasteiger partial charge in [-0.2, -0.15) is 0 Å². The second kappa shape index (κ2) is 8.49. The lowest BCUT2D eigenvalue weighted by molar-refractivity contribution is -0.124.